The molecule has 0 saturated carbocycles. The van der Waals surface area contributed by atoms with Crippen molar-refractivity contribution in [3.63, 3.8) is 0 Å². The third kappa shape index (κ3) is 4.68. The van der Waals surface area contributed by atoms with Crippen molar-refractivity contribution in [3.8, 4) is 16.9 Å². The van der Waals surface area contributed by atoms with Crippen LogP contribution >= 0.6 is 0 Å². The van der Waals surface area contributed by atoms with Gasteiger partial charge in [0.2, 0.25) is 0 Å². The molecule has 0 spiro atoms. The van der Waals surface area contributed by atoms with Crippen LogP contribution < -0.4 is 4.74 Å². The van der Waals surface area contributed by atoms with Crippen LogP contribution in [0, 0.1) is 13.8 Å². The molecule has 0 radical (unpaired) electrons. The van der Waals surface area contributed by atoms with Crippen LogP contribution in [0.2, 0.25) is 0 Å². The third-order valence-electron chi connectivity index (χ3n) is 4.50. The molecular weight excluding hydrogens is 358 g/mol. The van der Waals surface area contributed by atoms with Gasteiger partial charge in [-0.1, -0.05) is 31.9 Å². The molecule has 0 N–H and O–H groups in total. The number of ether oxygens (including phenoxy) is 3. The summed E-state index contributed by atoms with van der Waals surface area (Å²) in [7, 11) is 2.60. The monoisotopic (exact) mass is 385 g/mol. The largest absolute Gasteiger partial charge is 0.494 e. The van der Waals surface area contributed by atoms with Crippen molar-refractivity contribution in [2.45, 2.75) is 40.0 Å². The lowest BCUT2D eigenvalue weighted by molar-refractivity contribution is 0.0599. The summed E-state index contributed by atoms with van der Waals surface area (Å²) in [4.78, 5) is 29.2. The van der Waals surface area contributed by atoms with Gasteiger partial charge in [0, 0.05) is 5.56 Å². The van der Waals surface area contributed by atoms with E-state index in [1.54, 1.807) is 13.8 Å². The number of benzene rings is 1. The Hall–Kier alpha value is -2.89. The maximum Gasteiger partial charge on any atom is 0.340 e. The predicted octanol–water partition coefficient (Wildman–Crippen LogP) is 4.51. The van der Waals surface area contributed by atoms with Crippen LogP contribution in [-0.4, -0.2) is 37.7 Å². The molecule has 0 saturated heterocycles. The Morgan fingerprint density at radius 2 is 1.43 bits per heavy atom. The van der Waals surface area contributed by atoms with E-state index in [4.69, 9.17) is 14.2 Å². The van der Waals surface area contributed by atoms with Gasteiger partial charge in [0.15, 0.2) is 0 Å². The first kappa shape index (κ1) is 21.4. The number of esters is 2. The summed E-state index contributed by atoms with van der Waals surface area (Å²) in [5.41, 5.74) is 2.64. The number of aryl methyl sites for hydroxylation is 2. The van der Waals surface area contributed by atoms with Crippen LogP contribution in [0.3, 0.4) is 0 Å². The SMILES string of the molecule is CCCCCOc1ccc(-c2c(C(=O)OC)c(C)nc(C)c2C(=O)OC)cc1. The van der Waals surface area contributed by atoms with Crippen LogP contribution in [0.15, 0.2) is 24.3 Å². The highest BCUT2D eigenvalue weighted by atomic mass is 16.5. The molecule has 2 rings (SSSR count). The van der Waals surface area contributed by atoms with E-state index in [0.29, 0.717) is 29.1 Å². The van der Waals surface area contributed by atoms with Crippen LogP contribution in [0.25, 0.3) is 11.1 Å². The second-order valence-corrected chi connectivity index (χ2v) is 6.47. The zero-order chi connectivity index (χ0) is 20.7. The standard InChI is InChI=1S/C22H27NO5/c1-6-7-8-13-28-17-11-9-16(10-12-17)20-18(21(24)26-4)14(2)23-15(3)19(20)22(25)27-5/h9-12H,6-8,13H2,1-5H3. The molecule has 1 aromatic carbocycles. The molecule has 0 aliphatic carbocycles. The highest BCUT2D eigenvalue weighted by Gasteiger charge is 2.27. The summed E-state index contributed by atoms with van der Waals surface area (Å²) in [6, 6.07) is 7.30. The van der Waals surface area contributed by atoms with E-state index in [9.17, 15) is 9.59 Å². The number of methoxy groups -OCH3 is 2. The quantitative estimate of drug-likeness (QED) is 0.492. The molecule has 2 aromatic rings. The number of nitrogens with zero attached hydrogens (tertiary/aromatic N) is 1. The molecule has 0 aliphatic rings. The second-order valence-electron chi connectivity index (χ2n) is 6.47. The molecule has 0 amide bonds. The van der Waals surface area contributed by atoms with E-state index < -0.39 is 11.9 Å². The van der Waals surface area contributed by atoms with E-state index in [0.717, 1.165) is 25.0 Å². The van der Waals surface area contributed by atoms with Crippen molar-refractivity contribution in [1.29, 1.82) is 0 Å². The van der Waals surface area contributed by atoms with Crippen molar-refractivity contribution in [2.24, 2.45) is 0 Å². The van der Waals surface area contributed by atoms with Gasteiger partial charge >= 0.3 is 11.9 Å². The predicted molar refractivity (Wildman–Crippen MR) is 107 cm³/mol. The van der Waals surface area contributed by atoms with Crippen LogP contribution in [0.4, 0.5) is 0 Å². The fourth-order valence-electron chi connectivity index (χ4n) is 3.10. The summed E-state index contributed by atoms with van der Waals surface area (Å²) in [6.45, 7) is 6.23. The summed E-state index contributed by atoms with van der Waals surface area (Å²) in [5, 5.41) is 0. The highest BCUT2D eigenvalue weighted by Crippen LogP contribution is 2.33. The minimum atomic E-state index is -0.551. The van der Waals surface area contributed by atoms with Gasteiger partial charge < -0.3 is 14.2 Å². The number of hydrogen-bond acceptors (Lipinski definition) is 6. The zero-order valence-electron chi connectivity index (χ0n) is 17.1. The summed E-state index contributed by atoms with van der Waals surface area (Å²) in [6.07, 6.45) is 3.26. The molecule has 0 aliphatic heterocycles. The van der Waals surface area contributed by atoms with Crippen molar-refractivity contribution in [2.75, 3.05) is 20.8 Å². The number of carbonyl (C=O) groups is 2. The van der Waals surface area contributed by atoms with Crippen molar-refractivity contribution in [3.05, 3.63) is 46.8 Å². The van der Waals surface area contributed by atoms with Gasteiger partial charge in [-0.15, -0.1) is 0 Å². The number of rotatable bonds is 8. The van der Waals surface area contributed by atoms with E-state index in [1.165, 1.54) is 14.2 Å². The van der Waals surface area contributed by atoms with Crippen LogP contribution in [0.5, 0.6) is 5.75 Å². The number of unbranched alkanes of at least 4 members (excludes halogenated alkanes) is 2. The lowest BCUT2D eigenvalue weighted by Crippen LogP contribution is -2.16. The molecule has 0 fully saturated rings. The Morgan fingerprint density at radius 1 is 0.893 bits per heavy atom. The highest BCUT2D eigenvalue weighted by molar-refractivity contribution is 6.07. The van der Waals surface area contributed by atoms with Gasteiger partial charge in [-0.3, -0.25) is 4.98 Å². The van der Waals surface area contributed by atoms with Crippen LogP contribution in [-0.2, 0) is 9.47 Å². The van der Waals surface area contributed by atoms with Gasteiger partial charge in [0.05, 0.1) is 43.3 Å². The summed E-state index contributed by atoms with van der Waals surface area (Å²) >= 11 is 0. The Bertz CT molecular complexity index is 803. The average molecular weight is 385 g/mol. The first-order valence-corrected chi connectivity index (χ1v) is 9.35. The second kappa shape index (κ2) is 9.88. The van der Waals surface area contributed by atoms with E-state index in [-0.39, 0.29) is 11.1 Å². The van der Waals surface area contributed by atoms with Gasteiger partial charge in [-0.2, -0.15) is 0 Å². The molecule has 0 unspecified atom stereocenters. The zero-order valence-corrected chi connectivity index (χ0v) is 17.1. The van der Waals surface area contributed by atoms with Gasteiger partial charge in [0.25, 0.3) is 0 Å². The summed E-state index contributed by atoms with van der Waals surface area (Å²) in [5.74, 6) is -0.364. The number of aromatic nitrogens is 1. The number of pyridine rings is 1. The minimum Gasteiger partial charge on any atom is -0.494 e. The molecule has 150 valence electrons. The molecular formula is C22H27NO5. The lowest BCUT2D eigenvalue weighted by Gasteiger charge is -2.17. The van der Waals surface area contributed by atoms with Crippen molar-refractivity contribution in [1.82, 2.24) is 4.98 Å². The minimum absolute atomic E-state index is 0.255. The van der Waals surface area contributed by atoms with E-state index in [1.807, 2.05) is 24.3 Å². The fraction of sp³-hybridized carbons (Fsp3) is 0.409. The molecule has 28 heavy (non-hydrogen) atoms. The topological polar surface area (TPSA) is 74.7 Å². The van der Waals surface area contributed by atoms with Gasteiger partial charge in [-0.25, -0.2) is 9.59 Å². The fourth-order valence-corrected chi connectivity index (χ4v) is 3.10. The Kier molecular flexibility index (Phi) is 7.55. The number of carbonyl (C=O) groups excluding carboxylic acids is 2. The lowest BCUT2D eigenvalue weighted by atomic mass is 9.92. The molecule has 0 atom stereocenters. The molecule has 1 aromatic heterocycles. The Labute approximate surface area is 165 Å². The summed E-state index contributed by atoms with van der Waals surface area (Å²) < 4.78 is 15.6. The van der Waals surface area contributed by atoms with E-state index >= 15 is 0 Å². The molecule has 1 heterocycles. The molecule has 6 nitrogen and oxygen atoms in total. The smallest absolute Gasteiger partial charge is 0.340 e. The number of hydrogen-bond donors (Lipinski definition) is 0. The Morgan fingerprint density at radius 3 is 1.89 bits per heavy atom. The van der Waals surface area contributed by atoms with Gasteiger partial charge in [-0.05, 0) is 38.0 Å². The molecule has 6 heteroatoms. The first-order valence-electron chi connectivity index (χ1n) is 9.35. The molecule has 0 bridgehead atoms. The van der Waals surface area contributed by atoms with Crippen LogP contribution in [0.1, 0.15) is 58.3 Å². The van der Waals surface area contributed by atoms with Crippen molar-refractivity contribution >= 4 is 11.9 Å². The van der Waals surface area contributed by atoms with E-state index in [2.05, 4.69) is 11.9 Å². The average Bonchev–Trinajstić information content (AvgIpc) is 2.70. The first-order chi connectivity index (χ1) is 13.4. The maximum absolute atomic E-state index is 12.4. The van der Waals surface area contributed by atoms with Gasteiger partial charge in [0.1, 0.15) is 5.75 Å². The maximum atomic E-state index is 12.4. The third-order valence-corrected chi connectivity index (χ3v) is 4.50. The van der Waals surface area contributed by atoms with Crippen molar-refractivity contribution < 1.29 is 23.8 Å². The Balaban J connectivity index is 2.53. The normalized spacial score (nSPS) is 10.5.